The summed E-state index contributed by atoms with van der Waals surface area (Å²) in [6, 6.07) is 8.75. The minimum atomic E-state index is -0.314. The molecule has 0 bridgehead atoms. The highest BCUT2D eigenvalue weighted by molar-refractivity contribution is 7.14. The van der Waals surface area contributed by atoms with Crippen molar-refractivity contribution in [1.29, 1.82) is 0 Å². The number of carbonyl (C=O) groups excluding carboxylic acids is 2. The molecule has 4 aromatic heterocycles. The van der Waals surface area contributed by atoms with Gasteiger partial charge in [0.05, 0.1) is 23.9 Å². The average molecular weight is 449 g/mol. The summed E-state index contributed by atoms with van der Waals surface area (Å²) in [5, 5.41) is 7.58. The molecule has 0 spiro atoms. The Kier molecular flexibility index (Phi) is 6.52. The van der Waals surface area contributed by atoms with Gasteiger partial charge in [-0.25, -0.2) is 9.97 Å². The molecule has 4 heterocycles. The Morgan fingerprint density at radius 3 is 2.75 bits per heavy atom. The van der Waals surface area contributed by atoms with Crippen molar-refractivity contribution in [1.82, 2.24) is 15.0 Å². The van der Waals surface area contributed by atoms with Crippen LogP contribution in [0.25, 0.3) is 0 Å². The maximum atomic E-state index is 12.5. The first kappa shape index (κ1) is 21.2. The SMILES string of the molecule is Cc1occc1C(=O)Nc1nc(CC(=O)Nc2ncccc2OCc2ccncc2)cs1. The van der Waals surface area contributed by atoms with E-state index in [-0.39, 0.29) is 18.2 Å². The summed E-state index contributed by atoms with van der Waals surface area (Å²) in [7, 11) is 0. The predicted octanol–water partition coefficient (Wildman–Crippen LogP) is 3.85. The van der Waals surface area contributed by atoms with E-state index in [4.69, 9.17) is 9.15 Å². The molecule has 4 rings (SSSR count). The molecule has 10 heteroatoms. The molecule has 2 N–H and O–H groups in total. The molecule has 0 saturated heterocycles. The molecule has 0 saturated carbocycles. The first-order chi connectivity index (χ1) is 15.6. The van der Waals surface area contributed by atoms with Gasteiger partial charge >= 0.3 is 0 Å². The van der Waals surface area contributed by atoms with E-state index in [0.29, 0.717) is 40.3 Å². The fourth-order valence-corrected chi connectivity index (χ4v) is 3.52. The van der Waals surface area contributed by atoms with Gasteiger partial charge in [0.15, 0.2) is 16.7 Å². The van der Waals surface area contributed by atoms with E-state index in [9.17, 15) is 9.59 Å². The van der Waals surface area contributed by atoms with Crippen LogP contribution in [0.3, 0.4) is 0 Å². The zero-order valence-electron chi connectivity index (χ0n) is 17.1. The van der Waals surface area contributed by atoms with Gasteiger partial charge in [0.2, 0.25) is 5.91 Å². The minimum Gasteiger partial charge on any atom is -0.485 e. The monoisotopic (exact) mass is 449 g/mol. The molecule has 0 radical (unpaired) electrons. The zero-order chi connectivity index (χ0) is 22.3. The summed E-state index contributed by atoms with van der Waals surface area (Å²) in [6.45, 7) is 2.03. The normalized spacial score (nSPS) is 10.5. The van der Waals surface area contributed by atoms with E-state index in [0.717, 1.165) is 5.56 Å². The molecule has 9 nitrogen and oxygen atoms in total. The Morgan fingerprint density at radius 1 is 1.12 bits per heavy atom. The molecule has 162 valence electrons. The van der Waals surface area contributed by atoms with Crippen LogP contribution in [0.1, 0.15) is 27.4 Å². The lowest BCUT2D eigenvalue weighted by Crippen LogP contribution is -2.16. The number of ether oxygens (including phenoxy) is 1. The fourth-order valence-electron chi connectivity index (χ4n) is 2.81. The van der Waals surface area contributed by atoms with Crippen LogP contribution in [0.5, 0.6) is 5.75 Å². The summed E-state index contributed by atoms with van der Waals surface area (Å²) < 4.78 is 10.9. The van der Waals surface area contributed by atoms with Crippen molar-refractivity contribution in [2.75, 3.05) is 10.6 Å². The molecule has 0 aliphatic carbocycles. The van der Waals surface area contributed by atoms with Crippen molar-refractivity contribution in [3.63, 3.8) is 0 Å². The van der Waals surface area contributed by atoms with Crippen molar-refractivity contribution in [3.8, 4) is 5.75 Å². The van der Waals surface area contributed by atoms with Gasteiger partial charge in [-0.05, 0) is 42.8 Å². The summed E-state index contributed by atoms with van der Waals surface area (Å²) in [5.41, 5.74) is 1.92. The molecule has 0 aliphatic heterocycles. The third-order valence-corrected chi connectivity index (χ3v) is 5.20. The highest BCUT2D eigenvalue weighted by Gasteiger charge is 2.15. The molecular formula is C22H19N5O4S. The van der Waals surface area contributed by atoms with Gasteiger partial charge in [-0.15, -0.1) is 11.3 Å². The molecule has 4 aromatic rings. The van der Waals surface area contributed by atoms with E-state index in [2.05, 4.69) is 25.6 Å². The van der Waals surface area contributed by atoms with Gasteiger partial charge in [-0.1, -0.05) is 0 Å². The summed E-state index contributed by atoms with van der Waals surface area (Å²) in [6.07, 6.45) is 6.42. The van der Waals surface area contributed by atoms with E-state index in [1.54, 1.807) is 49.1 Å². The molecule has 0 aromatic carbocycles. The van der Waals surface area contributed by atoms with Crippen LogP contribution in [0.15, 0.2) is 65.0 Å². The lowest BCUT2D eigenvalue weighted by molar-refractivity contribution is -0.115. The summed E-state index contributed by atoms with van der Waals surface area (Å²) in [4.78, 5) is 37.3. The molecule has 2 amide bonds. The molecule has 0 atom stereocenters. The van der Waals surface area contributed by atoms with E-state index < -0.39 is 0 Å². The van der Waals surface area contributed by atoms with E-state index in [1.165, 1.54) is 17.6 Å². The number of nitrogens with one attached hydrogen (secondary N) is 2. The number of nitrogens with zero attached hydrogens (tertiary/aromatic N) is 3. The number of amides is 2. The number of carbonyl (C=O) groups is 2. The van der Waals surface area contributed by atoms with Crippen molar-refractivity contribution in [2.45, 2.75) is 20.0 Å². The Hall–Kier alpha value is -4.05. The topological polar surface area (TPSA) is 119 Å². The second-order valence-electron chi connectivity index (χ2n) is 6.71. The standard InChI is InChI=1S/C22H19N5O4S/c1-14-17(6-10-30-14)21(29)27-22-25-16(13-32-22)11-19(28)26-20-18(3-2-7-24-20)31-12-15-4-8-23-9-5-15/h2-10,13H,11-12H2,1H3,(H,24,26,28)(H,25,27,29). The number of aryl methyl sites for hydroxylation is 1. The van der Waals surface area contributed by atoms with E-state index in [1.807, 2.05) is 12.1 Å². The number of furan rings is 1. The second-order valence-corrected chi connectivity index (χ2v) is 7.57. The molecular weight excluding hydrogens is 430 g/mol. The fraction of sp³-hybridized carbons (Fsp3) is 0.136. The minimum absolute atomic E-state index is 0.0253. The number of anilines is 2. The third kappa shape index (κ3) is 5.35. The highest BCUT2D eigenvalue weighted by atomic mass is 32.1. The summed E-state index contributed by atoms with van der Waals surface area (Å²) >= 11 is 1.24. The Bertz CT molecular complexity index is 1220. The molecule has 32 heavy (non-hydrogen) atoms. The van der Waals surface area contributed by atoms with Gasteiger partial charge in [-0.3, -0.25) is 19.9 Å². The van der Waals surface area contributed by atoms with Crippen LogP contribution in [0.2, 0.25) is 0 Å². The Labute approximate surface area is 187 Å². The second kappa shape index (κ2) is 9.84. The number of hydrogen-bond acceptors (Lipinski definition) is 8. The number of thiazole rings is 1. The first-order valence-electron chi connectivity index (χ1n) is 9.65. The zero-order valence-corrected chi connectivity index (χ0v) is 17.9. The number of hydrogen-bond donors (Lipinski definition) is 2. The van der Waals surface area contributed by atoms with Gasteiger partial charge in [0.1, 0.15) is 12.4 Å². The lowest BCUT2D eigenvalue weighted by Gasteiger charge is -2.11. The largest absolute Gasteiger partial charge is 0.485 e. The first-order valence-corrected chi connectivity index (χ1v) is 10.5. The summed E-state index contributed by atoms with van der Waals surface area (Å²) in [5.74, 6) is 0.693. The van der Waals surface area contributed by atoms with Gasteiger partial charge in [-0.2, -0.15) is 0 Å². The van der Waals surface area contributed by atoms with Crippen LogP contribution >= 0.6 is 11.3 Å². The van der Waals surface area contributed by atoms with Crippen LogP contribution in [0.4, 0.5) is 10.9 Å². The smallest absolute Gasteiger partial charge is 0.260 e. The molecule has 0 aliphatic rings. The maximum absolute atomic E-state index is 12.5. The van der Waals surface area contributed by atoms with Crippen molar-refractivity contribution >= 4 is 34.1 Å². The quantitative estimate of drug-likeness (QED) is 0.419. The Morgan fingerprint density at radius 2 is 1.97 bits per heavy atom. The predicted molar refractivity (Wildman–Crippen MR) is 119 cm³/mol. The van der Waals surface area contributed by atoms with Crippen LogP contribution in [-0.2, 0) is 17.8 Å². The van der Waals surface area contributed by atoms with Crippen LogP contribution < -0.4 is 15.4 Å². The van der Waals surface area contributed by atoms with E-state index >= 15 is 0 Å². The van der Waals surface area contributed by atoms with Gasteiger partial charge in [0.25, 0.3) is 5.91 Å². The molecule has 0 fully saturated rings. The molecule has 0 unspecified atom stereocenters. The highest BCUT2D eigenvalue weighted by Crippen LogP contribution is 2.23. The van der Waals surface area contributed by atoms with Crippen LogP contribution in [-0.4, -0.2) is 26.8 Å². The third-order valence-electron chi connectivity index (χ3n) is 4.39. The van der Waals surface area contributed by atoms with Crippen molar-refractivity contribution in [3.05, 3.63) is 83.1 Å². The van der Waals surface area contributed by atoms with Crippen LogP contribution in [0, 0.1) is 6.92 Å². The number of aromatic nitrogens is 3. The number of pyridine rings is 2. The van der Waals surface area contributed by atoms with Gasteiger partial charge in [0, 0.05) is 24.0 Å². The number of rotatable bonds is 8. The van der Waals surface area contributed by atoms with Crippen molar-refractivity contribution < 1.29 is 18.7 Å². The average Bonchev–Trinajstić information content (AvgIpc) is 3.42. The maximum Gasteiger partial charge on any atom is 0.260 e. The lowest BCUT2D eigenvalue weighted by atomic mass is 10.2. The Balaban J connectivity index is 1.34. The van der Waals surface area contributed by atoms with Crippen molar-refractivity contribution in [2.24, 2.45) is 0 Å². The van der Waals surface area contributed by atoms with Gasteiger partial charge < -0.3 is 14.5 Å².